The molecular weight excluding hydrogens is 528 g/mol. The molecule has 11 heteroatoms. The van der Waals surface area contributed by atoms with E-state index in [-0.39, 0.29) is 17.9 Å². The number of aromatic nitrogens is 2. The molecule has 0 aliphatic carbocycles. The number of nitrogens with one attached hydrogen (secondary N) is 3. The first-order valence-electron chi connectivity index (χ1n) is 12.8. The number of methoxy groups -OCH3 is 1. The summed E-state index contributed by atoms with van der Waals surface area (Å²) in [7, 11) is 3.63. The molecule has 0 atom stereocenters. The van der Waals surface area contributed by atoms with E-state index in [1.165, 1.54) is 24.5 Å². The zero-order valence-electron chi connectivity index (χ0n) is 22.3. The lowest BCUT2D eigenvalue weighted by atomic mass is 10.0. The van der Waals surface area contributed by atoms with Crippen LogP contribution in [0, 0.1) is 0 Å². The molecule has 0 spiro atoms. The van der Waals surface area contributed by atoms with Crippen LogP contribution in [0.4, 0.5) is 17.3 Å². The molecule has 1 fully saturated rings. The third-order valence-corrected chi connectivity index (χ3v) is 7.42. The molecule has 3 N–H and O–H groups in total. The number of thiophene rings is 1. The first-order valence-corrected chi connectivity index (χ1v) is 13.7. The Kier molecular flexibility index (Phi) is 8.23. The average Bonchev–Trinajstić information content (AvgIpc) is 3.43. The van der Waals surface area contributed by atoms with Gasteiger partial charge in [-0.2, -0.15) is 4.98 Å². The molecule has 40 heavy (non-hydrogen) atoms. The Morgan fingerprint density at radius 1 is 1.10 bits per heavy atom. The van der Waals surface area contributed by atoms with Gasteiger partial charge in [0, 0.05) is 29.5 Å². The highest BCUT2D eigenvalue weighted by Crippen LogP contribution is 2.34. The Hall–Kier alpha value is -4.48. The van der Waals surface area contributed by atoms with E-state index < -0.39 is 0 Å². The standard InChI is InChI=1S/C29H30N6O4S/c1-4-25(36)30-19-6-5-7-21(16-19)39-28-26-23(12-15-40-26)33-29(34-28)32-20-8-9-22(24(17-20)38-3)27(37)31-18-10-13-35(2)14-11-18/h4-9,12,15-18H,1,10-11,13-14H2,2-3H3,(H,30,36)(H,31,37)(H,32,33,34). The number of benzene rings is 2. The van der Waals surface area contributed by atoms with Crippen LogP contribution in [0.25, 0.3) is 10.2 Å². The van der Waals surface area contributed by atoms with Gasteiger partial charge in [0.2, 0.25) is 17.7 Å². The molecule has 0 saturated carbocycles. The fourth-order valence-corrected chi connectivity index (χ4v) is 5.16. The van der Waals surface area contributed by atoms with Crippen LogP contribution >= 0.6 is 11.3 Å². The van der Waals surface area contributed by atoms with Crippen LogP contribution in [-0.2, 0) is 4.79 Å². The van der Waals surface area contributed by atoms with Gasteiger partial charge < -0.3 is 30.3 Å². The zero-order chi connectivity index (χ0) is 28.1. The summed E-state index contributed by atoms with van der Waals surface area (Å²) in [5.74, 6) is 1.17. The van der Waals surface area contributed by atoms with Crippen LogP contribution < -0.4 is 25.4 Å². The number of nitrogens with zero attached hydrogens (tertiary/aromatic N) is 3. The SMILES string of the molecule is C=CC(=O)Nc1cccc(Oc2nc(Nc3ccc(C(=O)NC4CCN(C)CC4)c(OC)c3)nc3ccsc23)c1. The van der Waals surface area contributed by atoms with Crippen molar-refractivity contribution in [2.45, 2.75) is 18.9 Å². The highest BCUT2D eigenvalue weighted by Gasteiger charge is 2.21. The lowest BCUT2D eigenvalue weighted by Crippen LogP contribution is -2.43. The number of rotatable bonds is 9. The van der Waals surface area contributed by atoms with Crippen molar-refractivity contribution < 1.29 is 19.1 Å². The van der Waals surface area contributed by atoms with E-state index in [2.05, 4.69) is 44.4 Å². The van der Waals surface area contributed by atoms with Gasteiger partial charge in [-0.05, 0) is 74.8 Å². The zero-order valence-corrected chi connectivity index (χ0v) is 23.1. The van der Waals surface area contributed by atoms with Crippen molar-refractivity contribution in [2.75, 3.05) is 37.9 Å². The third kappa shape index (κ3) is 6.38. The first-order chi connectivity index (χ1) is 19.4. The van der Waals surface area contributed by atoms with Crippen molar-refractivity contribution >= 4 is 50.7 Å². The van der Waals surface area contributed by atoms with Crippen molar-refractivity contribution in [3.05, 3.63) is 72.1 Å². The summed E-state index contributed by atoms with van der Waals surface area (Å²) in [6.07, 6.45) is 3.05. The summed E-state index contributed by atoms with van der Waals surface area (Å²) in [5.41, 5.74) is 2.41. The third-order valence-electron chi connectivity index (χ3n) is 6.53. The molecular formula is C29H30N6O4S. The van der Waals surface area contributed by atoms with Gasteiger partial charge in [-0.15, -0.1) is 11.3 Å². The Bertz CT molecular complexity index is 1550. The Morgan fingerprint density at radius 2 is 1.93 bits per heavy atom. The van der Waals surface area contributed by atoms with Crippen molar-refractivity contribution in [1.29, 1.82) is 0 Å². The van der Waals surface area contributed by atoms with Gasteiger partial charge >= 0.3 is 0 Å². The van der Waals surface area contributed by atoms with Crippen LogP contribution in [0.1, 0.15) is 23.2 Å². The number of anilines is 3. The lowest BCUT2D eigenvalue weighted by Gasteiger charge is -2.29. The first kappa shape index (κ1) is 27.1. The molecule has 0 bridgehead atoms. The van der Waals surface area contributed by atoms with Gasteiger partial charge in [0.1, 0.15) is 16.2 Å². The smallest absolute Gasteiger partial charge is 0.255 e. The normalized spacial score (nSPS) is 13.9. The van der Waals surface area contributed by atoms with Crippen molar-refractivity contribution in [3.8, 4) is 17.4 Å². The fraction of sp³-hybridized carbons (Fsp3) is 0.241. The van der Waals surface area contributed by atoms with Crippen molar-refractivity contribution in [1.82, 2.24) is 20.2 Å². The number of amides is 2. The minimum atomic E-state index is -0.313. The van der Waals surface area contributed by atoms with E-state index in [0.717, 1.165) is 36.1 Å². The number of hydrogen-bond acceptors (Lipinski definition) is 9. The summed E-state index contributed by atoms with van der Waals surface area (Å²) in [6, 6.07) is 14.3. The van der Waals surface area contributed by atoms with E-state index in [0.29, 0.717) is 40.3 Å². The predicted octanol–water partition coefficient (Wildman–Crippen LogP) is 5.18. The maximum absolute atomic E-state index is 13.0. The number of ether oxygens (including phenoxy) is 2. The monoisotopic (exact) mass is 558 g/mol. The molecule has 206 valence electrons. The van der Waals surface area contributed by atoms with Crippen LogP contribution in [0.3, 0.4) is 0 Å². The van der Waals surface area contributed by atoms with E-state index in [1.54, 1.807) is 42.5 Å². The Morgan fingerprint density at radius 3 is 2.70 bits per heavy atom. The molecule has 2 aromatic carbocycles. The molecule has 3 heterocycles. The van der Waals surface area contributed by atoms with Gasteiger partial charge in [-0.25, -0.2) is 4.98 Å². The van der Waals surface area contributed by atoms with Crippen LogP contribution in [0.15, 0.2) is 66.6 Å². The molecule has 4 aromatic rings. The molecule has 2 aromatic heterocycles. The van der Waals surface area contributed by atoms with Gasteiger partial charge in [0.15, 0.2) is 0 Å². The highest BCUT2D eigenvalue weighted by molar-refractivity contribution is 7.17. The maximum Gasteiger partial charge on any atom is 0.255 e. The minimum absolute atomic E-state index is 0.148. The minimum Gasteiger partial charge on any atom is -0.496 e. The van der Waals surface area contributed by atoms with Gasteiger partial charge in [0.25, 0.3) is 5.91 Å². The molecule has 1 aliphatic heterocycles. The quantitative estimate of drug-likeness (QED) is 0.241. The predicted molar refractivity (Wildman–Crippen MR) is 157 cm³/mol. The summed E-state index contributed by atoms with van der Waals surface area (Å²) in [5, 5.41) is 11.0. The molecule has 1 saturated heterocycles. The second kappa shape index (κ2) is 12.1. The number of carbonyl (C=O) groups is 2. The molecule has 5 rings (SSSR count). The molecule has 10 nitrogen and oxygen atoms in total. The van der Waals surface area contributed by atoms with E-state index in [9.17, 15) is 9.59 Å². The fourth-order valence-electron chi connectivity index (χ4n) is 4.41. The highest BCUT2D eigenvalue weighted by atomic mass is 32.1. The van der Waals surface area contributed by atoms with Crippen molar-refractivity contribution in [3.63, 3.8) is 0 Å². The maximum atomic E-state index is 13.0. The number of piperidine rings is 1. The largest absolute Gasteiger partial charge is 0.496 e. The summed E-state index contributed by atoms with van der Waals surface area (Å²) in [6.45, 7) is 5.40. The topological polar surface area (TPSA) is 118 Å². The van der Waals surface area contributed by atoms with E-state index in [4.69, 9.17) is 9.47 Å². The number of likely N-dealkylation sites (tertiary alicyclic amines) is 1. The Balaban J connectivity index is 1.34. The van der Waals surface area contributed by atoms with E-state index in [1.807, 2.05) is 11.4 Å². The summed E-state index contributed by atoms with van der Waals surface area (Å²) >= 11 is 1.46. The number of carbonyl (C=O) groups excluding carboxylic acids is 2. The van der Waals surface area contributed by atoms with E-state index >= 15 is 0 Å². The second-order valence-electron chi connectivity index (χ2n) is 9.40. The molecule has 1 aliphatic rings. The number of fused-ring (bicyclic) bond motifs is 1. The summed E-state index contributed by atoms with van der Waals surface area (Å²) < 4.78 is 12.5. The molecule has 0 unspecified atom stereocenters. The van der Waals surface area contributed by atoms with Crippen LogP contribution in [-0.4, -0.2) is 60.0 Å². The van der Waals surface area contributed by atoms with Gasteiger partial charge in [0.05, 0.1) is 18.2 Å². The van der Waals surface area contributed by atoms with Crippen LogP contribution in [0.5, 0.6) is 17.4 Å². The second-order valence-corrected chi connectivity index (χ2v) is 10.3. The van der Waals surface area contributed by atoms with Crippen LogP contribution in [0.2, 0.25) is 0 Å². The van der Waals surface area contributed by atoms with Gasteiger partial charge in [-0.3, -0.25) is 9.59 Å². The van der Waals surface area contributed by atoms with Gasteiger partial charge in [-0.1, -0.05) is 12.6 Å². The summed E-state index contributed by atoms with van der Waals surface area (Å²) in [4.78, 5) is 36.1. The lowest BCUT2D eigenvalue weighted by molar-refractivity contribution is -0.111. The average molecular weight is 559 g/mol. The van der Waals surface area contributed by atoms with Crippen molar-refractivity contribution in [2.24, 2.45) is 0 Å². The molecule has 2 amide bonds. The number of hydrogen-bond donors (Lipinski definition) is 3. The molecule has 0 radical (unpaired) electrons. The Labute approximate surface area is 236 Å².